The predicted octanol–water partition coefficient (Wildman–Crippen LogP) is 2.64. The molecule has 4 amide bonds. The van der Waals surface area contributed by atoms with Crippen molar-refractivity contribution in [2.24, 2.45) is 0 Å². The van der Waals surface area contributed by atoms with E-state index in [4.69, 9.17) is 4.74 Å². The number of amides is 4. The molecule has 8 nitrogen and oxygen atoms in total. The van der Waals surface area contributed by atoms with Crippen molar-refractivity contribution in [2.75, 3.05) is 44.7 Å². The first-order valence-electron chi connectivity index (χ1n) is 11.3. The molecule has 4 rings (SSSR count). The first kappa shape index (κ1) is 23.7. The lowest BCUT2D eigenvalue weighted by Gasteiger charge is -2.35. The maximum Gasteiger partial charge on any atom is 0.332 e. The van der Waals surface area contributed by atoms with Gasteiger partial charge in [-0.15, -0.1) is 0 Å². The van der Waals surface area contributed by atoms with Gasteiger partial charge in [-0.2, -0.15) is 0 Å². The number of halogens is 1. The molecule has 2 aliphatic heterocycles. The highest BCUT2D eigenvalue weighted by Crippen LogP contribution is 2.26. The molecule has 2 aromatic carbocycles. The van der Waals surface area contributed by atoms with Gasteiger partial charge in [0.15, 0.2) is 11.6 Å². The van der Waals surface area contributed by atoms with E-state index in [9.17, 15) is 18.8 Å². The monoisotopic (exact) mass is 468 g/mol. The van der Waals surface area contributed by atoms with Gasteiger partial charge in [0.1, 0.15) is 12.6 Å². The van der Waals surface area contributed by atoms with Gasteiger partial charge in [-0.05, 0) is 43.7 Å². The third-order valence-electron chi connectivity index (χ3n) is 6.40. The number of piperazine rings is 1. The fraction of sp³-hybridized carbons (Fsp3) is 0.400. The number of ether oxygens (including phenoxy) is 1. The lowest BCUT2D eigenvalue weighted by Crippen LogP contribution is -2.51. The normalized spacial score (nSPS) is 19.2. The van der Waals surface area contributed by atoms with Crippen LogP contribution in [0.4, 0.5) is 14.9 Å². The minimum Gasteiger partial charge on any atom is -0.494 e. The number of rotatable bonds is 6. The zero-order valence-electron chi connectivity index (χ0n) is 19.7. The Hall–Kier alpha value is -3.46. The highest BCUT2D eigenvalue weighted by molar-refractivity contribution is 6.15. The summed E-state index contributed by atoms with van der Waals surface area (Å²) in [6, 6.07) is 11.1. The number of benzene rings is 2. The second-order valence-corrected chi connectivity index (χ2v) is 8.71. The Balaban J connectivity index is 1.33. The first-order chi connectivity index (χ1) is 16.3. The van der Waals surface area contributed by atoms with E-state index in [2.05, 4.69) is 4.90 Å². The molecule has 2 fully saturated rings. The molecule has 0 spiro atoms. The topological polar surface area (TPSA) is 73.4 Å². The van der Waals surface area contributed by atoms with E-state index in [0.717, 1.165) is 16.0 Å². The number of methoxy groups -OCH3 is 1. The average molecular weight is 469 g/mol. The lowest BCUT2D eigenvalue weighted by atomic mass is 10.2. The number of urea groups is 1. The Morgan fingerprint density at radius 1 is 1.06 bits per heavy atom. The van der Waals surface area contributed by atoms with Crippen LogP contribution in [0.3, 0.4) is 0 Å². The summed E-state index contributed by atoms with van der Waals surface area (Å²) in [4.78, 5) is 44.9. The fourth-order valence-electron chi connectivity index (χ4n) is 4.37. The number of anilines is 1. The van der Waals surface area contributed by atoms with Crippen LogP contribution in [0.5, 0.6) is 5.75 Å². The number of carbonyl (C=O) groups is 3. The maximum atomic E-state index is 14.0. The van der Waals surface area contributed by atoms with Gasteiger partial charge in [0.25, 0.3) is 5.91 Å². The van der Waals surface area contributed by atoms with Crippen LogP contribution in [0.15, 0.2) is 42.5 Å². The number of imide groups is 1. The van der Waals surface area contributed by atoms with Crippen molar-refractivity contribution >= 4 is 23.5 Å². The van der Waals surface area contributed by atoms with E-state index in [1.165, 1.54) is 18.1 Å². The van der Waals surface area contributed by atoms with Crippen molar-refractivity contribution in [1.82, 2.24) is 14.7 Å². The molecule has 1 atom stereocenters. The molecular weight excluding hydrogens is 439 g/mol. The second kappa shape index (κ2) is 9.80. The summed E-state index contributed by atoms with van der Waals surface area (Å²) in [7, 11) is 1.43. The van der Waals surface area contributed by atoms with E-state index >= 15 is 0 Å². The Morgan fingerprint density at radius 2 is 1.74 bits per heavy atom. The standard InChI is InChI=1S/C25H29FN4O4/c1-17-4-7-20(8-5-17)30-18(2)24(32)29(25(30)33)16-23(31)28-12-10-27(11-13-28)15-19-6-9-22(34-3)21(26)14-19/h4-9,14,18H,10-13,15-16H2,1-3H3/t18-/m0/s1. The minimum atomic E-state index is -0.662. The summed E-state index contributed by atoms with van der Waals surface area (Å²) in [6.45, 7) is 6.11. The zero-order chi connectivity index (χ0) is 24.4. The van der Waals surface area contributed by atoms with E-state index < -0.39 is 17.9 Å². The third kappa shape index (κ3) is 4.75. The van der Waals surface area contributed by atoms with Crippen molar-refractivity contribution in [2.45, 2.75) is 26.4 Å². The van der Waals surface area contributed by atoms with Gasteiger partial charge in [-0.25, -0.2) is 9.18 Å². The van der Waals surface area contributed by atoms with Crippen molar-refractivity contribution in [1.29, 1.82) is 0 Å². The third-order valence-corrected chi connectivity index (χ3v) is 6.40. The maximum absolute atomic E-state index is 14.0. The molecule has 0 unspecified atom stereocenters. The molecule has 9 heteroatoms. The minimum absolute atomic E-state index is 0.209. The fourth-order valence-corrected chi connectivity index (χ4v) is 4.37. The highest BCUT2D eigenvalue weighted by atomic mass is 19.1. The molecule has 2 aliphatic rings. The number of carbonyl (C=O) groups excluding carboxylic acids is 3. The molecule has 180 valence electrons. The molecule has 2 saturated heterocycles. The molecule has 0 aliphatic carbocycles. The van der Waals surface area contributed by atoms with Crippen LogP contribution < -0.4 is 9.64 Å². The molecule has 0 N–H and O–H groups in total. The van der Waals surface area contributed by atoms with Gasteiger partial charge in [-0.1, -0.05) is 23.8 Å². The molecule has 0 saturated carbocycles. The van der Waals surface area contributed by atoms with Crippen LogP contribution in [-0.4, -0.2) is 78.4 Å². The zero-order valence-corrected chi connectivity index (χ0v) is 19.7. The lowest BCUT2D eigenvalue weighted by molar-refractivity contribution is -0.138. The van der Waals surface area contributed by atoms with Gasteiger partial charge < -0.3 is 9.64 Å². The van der Waals surface area contributed by atoms with Crippen molar-refractivity contribution in [3.05, 3.63) is 59.4 Å². The largest absolute Gasteiger partial charge is 0.494 e. The van der Waals surface area contributed by atoms with Crippen LogP contribution in [0.1, 0.15) is 18.1 Å². The van der Waals surface area contributed by atoms with Gasteiger partial charge in [0, 0.05) is 38.4 Å². The summed E-state index contributed by atoms with van der Waals surface area (Å²) >= 11 is 0. The van der Waals surface area contributed by atoms with E-state index in [1.807, 2.05) is 25.1 Å². The van der Waals surface area contributed by atoms with E-state index in [-0.39, 0.29) is 24.1 Å². The Morgan fingerprint density at radius 3 is 2.35 bits per heavy atom. The summed E-state index contributed by atoms with van der Waals surface area (Å²) in [6.07, 6.45) is 0. The van der Waals surface area contributed by atoms with Crippen LogP contribution >= 0.6 is 0 Å². The number of hydrogen-bond acceptors (Lipinski definition) is 5. The van der Waals surface area contributed by atoms with Crippen LogP contribution in [-0.2, 0) is 16.1 Å². The Labute approximate surface area is 198 Å². The number of hydrogen-bond donors (Lipinski definition) is 0. The van der Waals surface area contributed by atoms with E-state index in [1.54, 1.807) is 30.0 Å². The van der Waals surface area contributed by atoms with Gasteiger partial charge in [0.2, 0.25) is 5.91 Å². The van der Waals surface area contributed by atoms with Gasteiger partial charge >= 0.3 is 6.03 Å². The quantitative estimate of drug-likeness (QED) is 0.610. The summed E-state index contributed by atoms with van der Waals surface area (Å²) in [5.41, 5.74) is 2.52. The van der Waals surface area contributed by atoms with Crippen LogP contribution in [0.2, 0.25) is 0 Å². The molecule has 0 aromatic heterocycles. The van der Waals surface area contributed by atoms with Crippen molar-refractivity contribution in [3.8, 4) is 5.75 Å². The summed E-state index contributed by atoms with van der Waals surface area (Å²) in [5.74, 6) is -0.822. The van der Waals surface area contributed by atoms with E-state index in [0.29, 0.717) is 38.4 Å². The molecule has 2 aromatic rings. The Bertz CT molecular complexity index is 1080. The first-order valence-corrected chi connectivity index (χ1v) is 11.3. The smallest absolute Gasteiger partial charge is 0.332 e. The van der Waals surface area contributed by atoms with Crippen LogP contribution in [0.25, 0.3) is 0 Å². The number of aryl methyl sites for hydroxylation is 1. The Kier molecular flexibility index (Phi) is 6.83. The van der Waals surface area contributed by atoms with Crippen molar-refractivity contribution in [3.63, 3.8) is 0 Å². The molecule has 0 radical (unpaired) electrons. The predicted molar refractivity (Wildman–Crippen MR) is 125 cm³/mol. The molecule has 0 bridgehead atoms. The average Bonchev–Trinajstić information content (AvgIpc) is 3.03. The number of nitrogens with zero attached hydrogens (tertiary/aromatic N) is 4. The highest BCUT2D eigenvalue weighted by Gasteiger charge is 2.44. The molecule has 2 heterocycles. The molecular formula is C25H29FN4O4. The SMILES string of the molecule is COc1ccc(CN2CCN(C(=O)CN3C(=O)[C@H](C)N(c4ccc(C)cc4)C3=O)CC2)cc1F. The van der Waals surface area contributed by atoms with Gasteiger partial charge in [-0.3, -0.25) is 24.3 Å². The second-order valence-electron chi connectivity index (χ2n) is 8.71. The van der Waals surface area contributed by atoms with Crippen LogP contribution in [0, 0.1) is 12.7 Å². The van der Waals surface area contributed by atoms with Gasteiger partial charge in [0.05, 0.1) is 7.11 Å². The summed E-state index contributed by atoms with van der Waals surface area (Å²) < 4.78 is 18.9. The summed E-state index contributed by atoms with van der Waals surface area (Å²) in [5, 5.41) is 0. The van der Waals surface area contributed by atoms with Crippen molar-refractivity contribution < 1.29 is 23.5 Å². The molecule has 34 heavy (non-hydrogen) atoms.